The maximum Gasteiger partial charge on any atom is 0.339 e. The molecule has 0 radical (unpaired) electrons. The van der Waals surface area contributed by atoms with E-state index in [2.05, 4.69) is 5.10 Å². The van der Waals surface area contributed by atoms with Crippen molar-refractivity contribution < 1.29 is 9.53 Å². The molecule has 0 unspecified atom stereocenters. The smallest absolute Gasteiger partial charge is 0.339 e. The molecule has 4 nitrogen and oxygen atoms in total. The van der Waals surface area contributed by atoms with Crippen molar-refractivity contribution in [3.63, 3.8) is 0 Å². The second-order valence-electron chi connectivity index (χ2n) is 3.01. The summed E-state index contributed by atoms with van der Waals surface area (Å²) in [5, 5.41) is 3.89. The number of carbonyl (C=O) groups excluding carboxylic acids is 1. The fourth-order valence-electron chi connectivity index (χ4n) is 1.10. The molecule has 0 aromatic carbocycles. The van der Waals surface area contributed by atoms with Crippen LogP contribution in [0.5, 0.6) is 5.75 Å². The normalized spacial score (nSPS) is 14.7. The third-order valence-electron chi connectivity index (χ3n) is 1.96. The van der Waals surface area contributed by atoms with Crippen molar-refractivity contribution in [2.24, 2.45) is 7.05 Å². The van der Waals surface area contributed by atoms with Gasteiger partial charge in [-0.2, -0.15) is 5.10 Å². The minimum absolute atomic E-state index is 0.251. The zero-order valence-corrected chi connectivity index (χ0v) is 7.36. The fourth-order valence-corrected chi connectivity index (χ4v) is 1.10. The van der Waals surface area contributed by atoms with Crippen LogP contribution < -0.4 is 4.74 Å². The topological polar surface area (TPSA) is 44.1 Å². The maximum atomic E-state index is 11.3. The summed E-state index contributed by atoms with van der Waals surface area (Å²) in [5.74, 6) is 0.250. The minimum atomic E-state index is -0.251. The van der Waals surface area contributed by atoms with Crippen LogP contribution >= 0.6 is 0 Å². The molecule has 1 heterocycles. The molecule has 1 aliphatic carbocycles. The van der Waals surface area contributed by atoms with Crippen LogP contribution in [-0.2, 0) is 11.8 Å². The Morgan fingerprint density at radius 3 is 2.92 bits per heavy atom. The molecule has 0 bridgehead atoms. The lowest BCUT2D eigenvalue weighted by Gasteiger charge is -2.11. The summed E-state index contributed by atoms with van der Waals surface area (Å²) in [7, 11) is 1.78. The van der Waals surface area contributed by atoms with Gasteiger partial charge in [-0.1, -0.05) is 6.08 Å². The number of aryl methyl sites for hydroxylation is 1. The molecule has 0 saturated heterocycles. The summed E-state index contributed by atoms with van der Waals surface area (Å²) in [4.78, 5) is 11.3. The van der Waals surface area contributed by atoms with Crippen LogP contribution in [-0.4, -0.2) is 15.7 Å². The fraction of sp³-hybridized carbons (Fsp3) is 0.333. The number of ether oxygens (including phenoxy) is 1. The van der Waals surface area contributed by atoms with Crippen molar-refractivity contribution in [3.05, 3.63) is 24.0 Å². The van der Waals surface area contributed by atoms with Gasteiger partial charge in [0.15, 0.2) is 5.75 Å². The molecule has 0 amide bonds. The van der Waals surface area contributed by atoms with Gasteiger partial charge >= 0.3 is 5.97 Å². The molecule has 0 spiro atoms. The monoisotopic (exact) mass is 178 g/mol. The van der Waals surface area contributed by atoms with Crippen molar-refractivity contribution in [2.45, 2.75) is 12.8 Å². The first kappa shape index (κ1) is 8.04. The number of allylic oxidation sites excluding steroid dienone is 1. The van der Waals surface area contributed by atoms with E-state index in [0.717, 1.165) is 18.4 Å². The molecule has 1 aromatic heterocycles. The Morgan fingerprint density at radius 1 is 1.69 bits per heavy atom. The summed E-state index contributed by atoms with van der Waals surface area (Å²) < 4.78 is 6.64. The van der Waals surface area contributed by atoms with Gasteiger partial charge in [0.2, 0.25) is 0 Å². The van der Waals surface area contributed by atoms with Gasteiger partial charge in [-0.05, 0) is 12.8 Å². The number of rotatable bonds is 2. The standard InChI is InChI=1S/C9H10N2O2/c1-11-6-8(5-10-11)13-9(12)7-3-2-4-7/h3,5-6H,2,4H2,1H3. The second-order valence-corrected chi connectivity index (χ2v) is 3.01. The molecular weight excluding hydrogens is 168 g/mol. The molecule has 0 saturated carbocycles. The molecule has 0 fully saturated rings. The van der Waals surface area contributed by atoms with Gasteiger partial charge in [-0.25, -0.2) is 4.79 Å². The van der Waals surface area contributed by atoms with Gasteiger partial charge in [0.25, 0.3) is 0 Å². The van der Waals surface area contributed by atoms with Gasteiger partial charge in [-0.15, -0.1) is 0 Å². The van der Waals surface area contributed by atoms with E-state index in [1.807, 2.05) is 6.08 Å². The van der Waals surface area contributed by atoms with Crippen LogP contribution in [0.2, 0.25) is 0 Å². The van der Waals surface area contributed by atoms with Gasteiger partial charge < -0.3 is 4.74 Å². The van der Waals surface area contributed by atoms with Gasteiger partial charge in [0.05, 0.1) is 12.4 Å². The number of nitrogens with zero attached hydrogens (tertiary/aromatic N) is 2. The quantitative estimate of drug-likeness (QED) is 0.636. The van der Waals surface area contributed by atoms with Crippen LogP contribution in [0.1, 0.15) is 12.8 Å². The summed E-state index contributed by atoms with van der Waals surface area (Å²) in [5.41, 5.74) is 0.767. The van der Waals surface area contributed by atoms with E-state index < -0.39 is 0 Å². The van der Waals surface area contributed by atoms with E-state index in [4.69, 9.17) is 4.74 Å². The van der Waals surface area contributed by atoms with Crippen molar-refractivity contribution in [3.8, 4) is 5.75 Å². The zero-order chi connectivity index (χ0) is 9.26. The molecule has 0 aliphatic heterocycles. The molecule has 68 valence electrons. The average molecular weight is 178 g/mol. The van der Waals surface area contributed by atoms with Crippen LogP contribution in [0.25, 0.3) is 0 Å². The molecule has 2 rings (SSSR count). The summed E-state index contributed by atoms with van der Waals surface area (Å²) in [6.07, 6.45) is 6.89. The number of esters is 1. The first-order valence-corrected chi connectivity index (χ1v) is 4.15. The Hall–Kier alpha value is -1.58. The van der Waals surface area contributed by atoms with Crippen LogP contribution in [0.4, 0.5) is 0 Å². The highest BCUT2D eigenvalue weighted by Gasteiger charge is 2.17. The highest BCUT2D eigenvalue weighted by Crippen LogP contribution is 2.20. The van der Waals surface area contributed by atoms with E-state index in [1.54, 1.807) is 17.9 Å². The van der Waals surface area contributed by atoms with Crippen molar-refractivity contribution in [2.75, 3.05) is 0 Å². The Bertz CT molecular complexity index is 365. The van der Waals surface area contributed by atoms with E-state index >= 15 is 0 Å². The van der Waals surface area contributed by atoms with E-state index in [1.165, 1.54) is 6.20 Å². The summed E-state index contributed by atoms with van der Waals surface area (Å²) in [6, 6.07) is 0. The lowest BCUT2D eigenvalue weighted by molar-refractivity contribution is -0.130. The third kappa shape index (κ3) is 1.61. The number of hydrogen-bond donors (Lipinski definition) is 0. The Kier molecular flexibility index (Phi) is 1.88. The largest absolute Gasteiger partial charge is 0.420 e. The lowest BCUT2D eigenvalue weighted by Crippen LogP contribution is -2.14. The zero-order valence-electron chi connectivity index (χ0n) is 7.36. The third-order valence-corrected chi connectivity index (χ3v) is 1.96. The highest BCUT2D eigenvalue weighted by molar-refractivity contribution is 5.91. The molecule has 0 N–H and O–H groups in total. The Morgan fingerprint density at radius 2 is 2.46 bits per heavy atom. The van der Waals surface area contributed by atoms with Gasteiger partial charge in [0, 0.05) is 12.6 Å². The molecule has 4 heteroatoms. The van der Waals surface area contributed by atoms with E-state index in [0.29, 0.717) is 5.75 Å². The van der Waals surface area contributed by atoms with Crippen molar-refractivity contribution >= 4 is 5.97 Å². The van der Waals surface area contributed by atoms with Gasteiger partial charge in [0.1, 0.15) is 0 Å². The summed E-state index contributed by atoms with van der Waals surface area (Å²) >= 11 is 0. The minimum Gasteiger partial charge on any atom is -0.420 e. The van der Waals surface area contributed by atoms with E-state index in [9.17, 15) is 4.79 Å². The van der Waals surface area contributed by atoms with Crippen LogP contribution in [0.15, 0.2) is 24.0 Å². The first-order valence-electron chi connectivity index (χ1n) is 4.15. The Labute approximate surface area is 75.8 Å². The molecule has 0 atom stereocenters. The number of hydrogen-bond acceptors (Lipinski definition) is 3. The van der Waals surface area contributed by atoms with Gasteiger partial charge in [-0.3, -0.25) is 4.68 Å². The van der Waals surface area contributed by atoms with E-state index in [-0.39, 0.29) is 5.97 Å². The second kappa shape index (κ2) is 3.05. The average Bonchev–Trinajstić information content (AvgIpc) is 2.31. The van der Waals surface area contributed by atoms with Crippen LogP contribution in [0, 0.1) is 0 Å². The molecule has 13 heavy (non-hydrogen) atoms. The summed E-state index contributed by atoms with van der Waals surface area (Å²) in [6.45, 7) is 0. The highest BCUT2D eigenvalue weighted by atomic mass is 16.5. The number of carbonyl (C=O) groups is 1. The van der Waals surface area contributed by atoms with Crippen molar-refractivity contribution in [1.29, 1.82) is 0 Å². The van der Waals surface area contributed by atoms with Crippen molar-refractivity contribution in [1.82, 2.24) is 9.78 Å². The maximum absolute atomic E-state index is 11.3. The Balaban J connectivity index is 2.01. The predicted octanol–water partition coefficient (Wildman–Crippen LogP) is 1.05. The SMILES string of the molecule is Cn1cc(OC(=O)C2=CCC2)cn1. The molecule has 1 aliphatic rings. The number of aromatic nitrogens is 2. The van der Waals surface area contributed by atoms with Crippen LogP contribution in [0.3, 0.4) is 0 Å². The molecule has 1 aromatic rings. The predicted molar refractivity (Wildman–Crippen MR) is 46.2 cm³/mol. The molecular formula is C9H10N2O2. The first-order chi connectivity index (χ1) is 6.25. The lowest BCUT2D eigenvalue weighted by atomic mass is 10.00.